The molecular formula is C25H33N3O2. The third-order valence-corrected chi connectivity index (χ3v) is 5.77. The number of hydrogen-bond acceptors (Lipinski definition) is 3. The van der Waals surface area contributed by atoms with Crippen LogP contribution < -0.4 is 16.4 Å². The molecule has 0 radical (unpaired) electrons. The summed E-state index contributed by atoms with van der Waals surface area (Å²) in [5, 5.41) is 6.08. The first-order chi connectivity index (χ1) is 14.2. The van der Waals surface area contributed by atoms with Crippen LogP contribution in [-0.2, 0) is 16.6 Å². The Morgan fingerprint density at radius 3 is 2.23 bits per heavy atom. The Morgan fingerprint density at radius 1 is 0.967 bits per heavy atom. The molecule has 0 unspecified atom stereocenters. The Labute approximate surface area is 179 Å². The zero-order valence-corrected chi connectivity index (χ0v) is 18.2. The molecule has 1 aliphatic carbocycles. The number of nitrogens with one attached hydrogen (secondary N) is 2. The van der Waals surface area contributed by atoms with Crippen molar-refractivity contribution in [1.29, 1.82) is 0 Å². The van der Waals surface area contributed by atoms with Crippen molar-refractivity contribution in [3.05, 3.63) is 65.2 Å². The Hall–Kier alpha value is -2.66. The second kappa shape index (κ2) is 9.43. The fourth-order valence-electron chi connectivity index (χ4n) is 3.83. The third-order valence-electron chi connectivity index (χ3n) is 5.77. The Bertz CT molecular complexity index is 876. The van der Waals surface area contributed by atoms with E-state index in [1.54, 1.807) is 0 Å². The number of anilines is 1. The van der Waals surface area contributed by atoms with Gasteiger partial charge in [0.1, 0.15) is 0 Å². The Balaban J connectivity index is 1.63. The molecular weight excluding hydrogens is 374 g/mol. The van der Waals surface area contributed by atoms with Gasteiger partial charge in [-0.2, -0.15) is 0 Å². The fraction of sp³-hybridized carbons (Fsp3) is 0.440. The first-order valence-corrected chi connectivity index (χ1v) is 10.8. The van der Waals surface area contributed by atoms with Crippen LogP contribution >= 0.6 is 0 Å². The van der Waals surface area contributed by atoms with E-state index in [0.717, 1.165) is 31.2 Å². The maximum Gasteiger partial charge on any atom is 0.255 e. The molecule has 1 fully saturated rings. The van der Waals surface area contributed by atoms with Gasteiger partial charge in [-0.1, -0.05) is 51.1 Å². The van der Waals surface area contributed by atoms with E-state index in [0.29, 0.717) is 11.3 Å². The molecule has 2 amide bonds. The topological polar surface area (TPSA) is 84.2 Å². The number of nitrogens with two attached hydrogens (primary N) is 1. The Kier molecular flexibility index (Phi) is 6.93. The van der Waals surface area contributed by atoms with Crippen LogP contribution in [0, 0.1) is 0 Å². The van der Waals surface area contributed by atoms with Gasteiger partial charge in [0, 0.05) is 23.3 Å². The highest BCUT2D eigenvalue weighted by Gasteiger charge is 2.21. The van der Waals surface area contributed by atoms with Gasteiger partial charge in [-0.15, -0.1) is 0 Å². The molecule has 0 bridgehead atoms. The van der Waals surface area contributed by atoms with Crippen LogP contribution in [0.25, 0.3) is 0 Å². The second-order valence-corrected chi connectivity index (χ2v) is 9.29. The third kappa shape index (κ3) is 5.92. The van der Waals surface area contributed by atoms with Crippen molar-refractivity contribution in [2.75, 3.05) is 5.32 Å². The van der Waals surface area contributed by atoms with Crippen LogP contribution in [-0.4, -0.2) is 23.9 Å². The highest BCUT2D eigenvalue weighted by atomic mass is 16.2. The van der Waals surface area contributed by atoms with Crippen LogP contribution in [0.4, 0.5) is 5.69 Å². The predicted octanol–water partition coefficient (Wildman–Crippen LogP) is 4.17. The summed E-state index contributed by atoms with van der Waals surface area (Å²) in [4.78, 5) is 25.3. The molecule has 160 valence electrons. The standard InChI is InChI=1S/C25H33N3O2/c1-25(2,3)19-10-8-17(9-11-19)24(30)28-22-7-5-4-6-18(22)16-23(29)27-21-14-12-20(26)13-15-21/h4-11,20-21H,12-16,26H2,1-3H3,(H,27,29)(H,28,30). The second-order valence-electron chi connectivity index (χ2n) is 9.29. The van der Waals surface area contributed by atoms with Crippen molar-refractivity contribution < 1.29 is 9.59 Å². The van der Waals surface area contributed by atoms with Gasteiger partial charge in [0.25, 0.3) is 5.91 Å². The van der Waals surface area contributed by atoms with Gasteiger partial charge in [-0.25, -0.2) is 0 Å². The van der Waals surface area contributed by atoms with Crippen LogP contribution in [0.5, 0.6) is 0 Å². The van der Waals surface area contributed by atoms with Gasteiger partial charge in [0.15, 0.2) is 0 Å². The van der Waals surface area contributed by atoms with Crippen molar-refractivity contribution in [3.63, 3.8) is 0 Å². The molecule has 0 aromatic heterocycles. The van der Waals surface area contributed by atoms with Crippen LogP contribution in [0.2, 0.25) is 0 Å². The minimum absolute atomic E-state index is 0.0216. The van der Waals surface area contributed by atoms with E-state index < -0.39 is 0 Å². The normalized spacial score (nSPS) is 19.2. The largest absolute Gasteiger partial charge is 0.353 e. The first-order valence-electron chi connectivity index (χ1n) is 10.8. The first kappa shape index (κ1) is 22.0. The summed E-state index contributed by atoms with van der Waals surface area (Å²) in [5.74, 6) is -0.198. The lowest BCUT2D eigenvalue weighted by atomic mass is 9.86. The van der Waals surface area contributed by atoms with E-state index in [4.69, 9.17) is 5.73 Å². The van der Waals surface area contributed by atoms with Gasteiger partial charge >= 0.3 is 0 Å². The zero-order valence-electron chi connectivity index (χ0n) is 18.2. The summed E-state index contributed by atoms with van der Waals surface area (Å²) in [5.41, 5.74) is 9.24. The molecule has 30 heavy (non-hydrogen) atoms. The molecule has 2 aromatic rings. The number of para-hydroxylation sites is 1. The highest BCUT2D eigenvalue weighted by Crippen LogP contribution is 2.23. The van der Waals surface area contributed by atoms with Gasteiger partial charge < -0.3 is 16.4 Å². The molecule has 0 heterocycles. The number of hydrogen-bond donors (Lipinski definition) is 3. The number of carbonyl (C=O) groups excluding carboxylic acids is 2. The van der Waals surface area contributed by atoms with Crippen molar-refractivity contribution in [3.8, 4) is 0 Å². The molecule has 3 rings (SSSR count). The van der Waals surface area contributed by atoms with Gasteiger partial charge in [0.2, 0.25) is 5.91 Å². The van der Waals surface area contributed by atoms with E-state index >= 15 is 0 Å². The molecule has 4 N–H and O–H groups in total. The van der Waals surface area contributed by atoms with E-state index in [-0.39, 0.29) is 35.7 Å². The minimum Gasteiger partial charge on any atom is -0.353 e. The van der Waals surface area contributed by atoms with Crippen molar-refractivity contribution in [2.45, 2.75) is 70.4 Å². The summed E-state index contributed by atoms with van der Waals surface area (Å²) < 4.78 is 0. The molecule has 0 spiro atoms. The molecule has 2 aromatic carbocycles. The number of rotatable bonds is 5. The summed E-state index contributed by atoms with van der Waals surface area (Å²) in [6.07, 6.45) is 3.99. The van der Waals surface area contributed by atoms with Gasteiger partial charge in [-0.3, -0.25) is 9.59 Å². The summed E-state index contributed by atoms with van der Waals surface area (Å²) in [6.45, 7) is 6.43. The molecule has 5 heteroatoms. The van der Waals surface area contributed by atoms with Crippen LogP contribution in [0.15, 0.2) is 48.5 Å². The Morgan fingerprint density at radius 2 is 1.60 bits per heavy atom. The number of amides is 2. The zero-order chi connectivity index (χ0) is 21.7. The summed E-state index contributed by atoms with van der Waals surface area (Å²) in [6, 6.07) is 15.6. The van der Waals surface area contributed by atoms with E-state index in [9.17, 15) is 9.59 Å². The molecule has 1 saturated carbocycles. The average molecular weight is 408 g/mol. The lowest BCUT2D eigenvalue weighted by Gasteiger charge is -2.27. The van der Waals surface area contributed by atoms with E-state index in [2.05, 4.69) is 31.4 Å². The molecule has 0 aliphatic heterocycles. The van der Waals surface area contributed by atoms with Crippen LogP contribution in [0.3, 0.4) is 0 Å². The predicted molar refractivity (Wildman–Crippen MR) is 122 cm³/mol. The quantitative estimate of drug-likeness (QED) is 0.696. The molecule has 5 nitrogen and oxygen atoms in total. The van der Waals surface area contributed by atoms with E-state index in [1.165, 1.54) is 5.56 Å². The lowest BCUT2D eigenvalue weighted by Crippen LogP contribution is -2.41. The molecule has 0 atom stereocenters. The molecule has 1 aliphatic rings. The van der Waals surface area contributed by atoms with Crippen molar-refractivity contribution in [2.24, 2.45) is 5.73 Å². The lowest BCUT2D eigenvalue weighted by molar-refractivity contribution is -0.121. The maximum absolute atomic E-state index is 12.7. The SMILES string of the molecule is CC(C)(C)c1ccc(C(=O)Nc2ccccc2CC(=O)NC2CCC(N)CC2)cc1. The fourth-order valence-corrected chi connectivity index (χ4v) is 3.83. The smallest absolute Gasteiger partial charge is 0.255 e. The van der Waals surface area contributed by atoms with Crippen molar-refractivity contribution in [1.82, 2.24) is 5.32 Å². The van der Waals surface area contributed by atoms with Gasteiger partial charge in [0.05, 0.1) is 6.42 Å². The van der Waals surface area contributed by atoms with E-state index in [1.807, 2.05) is 48.5 Å². The number of carbonyl (C=O) groups is 2. The average Bonchev–Trinajstić information content (AvgIpc) is 2.70. The van der Waals surface area contributed by atoms with Crippen molar-refractivity contribution >= 4 is 17.5 Å². The minimum atomic E-state index is -0.176. The highest BCUT2D eigenvalue weighted by molar-refractivity contribution is 6.05. The summed E-state index contributed by atoms with van der Waals surface area (Å²) >= 11 is 0. The van der Waals surface area contributed by atoms with Gasteiger partial charge in [-0.05, 0) is 60.4 Å². The summed E-state index contributed by atoms with van der Waals surface area (Å²) in [7, 11) is 0. The van der Waals surface area contributed by atoms with Crippen LogP contribution in [0.1, 0.15) is 67.9 Å². The maximum atomic E-state index is 12.7. The number of benzene rings is 2. The molecule has 0 saturated heterocycles. The monoisotopic (exact) mass is 407 g/mol.